The van der Waals surface area contributed by atoms with Gasteiger partial charge in [0.1, 0.15) is 19.7 Å². The maximum atomic E-state index is 10.7. The van der Waals surface area contributed by atoms with Crippen LogP contribution in [0.1, 0.15) is 25.7 Å². The van der Waals surface area contributed by atoms with Crippen molar-refractivity contribution >= 4 is 19.7 Å². The molecule has 14 heavy (non-hydrogen) atoms. The third-order valence-corrected chi connectivity index (χ3v) is 3.84. The van der Waals surface area contributed by atoms with Crippen LogP contribution < -0.4 is 0 Å². The first-order chi connectivity index (χ1) is 6.21. The predicted octanol–water partition coefficient (Wildman–Crippen LogP) is 0.636. The molecule has 4 nitrogen and oxygen atoms in total. The van der Waals surface area contributed by atoms with Crippen molar-refractivity contribution in [1.29, 1.82) is 0 Å². The molecule has 0 aromatic heterocycles. The van der Waals surface area contributed by atoms with Crippen LogP contribution in [0.4, 0.5) is 0 Å². The third-order valence-electron chi connectivity index (χ3n) is 1.78. The predicted molar refractivity (Wildman–Crippen MR) is 57.9 cm³/mol. The molecule has 0 heterocycles. The van der Waals surface area contributed by atoms with Gasteiger partial charge in [0, 0.05) is 24.0 Å². The Hall–Kier alpha value is -0.100. The lowest BCUT2D eigenvalue weighted by atomic mass is 10.2. The average Bonchev–Trinajstić information content (AvgIpc) is 1.92. The maximum Gasteiger partial charge on any atom is 0.147 e. The summed E-state index contributed by atoms with van der Waals surface area (Å²) in [4.78, 5) is 0. The molecule has 86 valence electrons. The van der Waals surface area contributed by atoms with E-state index in [1.54, 1.807) is 0 Å². The Bertz CT molecular complexity index is 304. The van der Waals surface area contributed by atoms with Gasteiger partial charge in [-0.05, 0) is 12.8 Å². The van der Waals surface area contributed by atoms with E-state index >= 15 is 0 Å². The normalized spacial score (nSPS) is 13.0. The molecule has 0 radical (unpaired) electrons. The van der Waals surface area contributed by atoms with Gasteiger partial charge < -0.3 is 0 Å². The molecule has 0 fully saturated rings. The van der Waals surface area contributed by atoms with Gasteiger partial charge in [-0.15, -0.1) is 0 Å². The number of hydrogen-bond donors (Lipinski definition) is 0. The van der Waals surface area contributed by atoms with Crippen molar-refractivity contribution in [3.8, 4) is 0 Å². The molecular weight excluding hydrogens is 224 g/mol. The Kier molecular flexibility index (Phi) is 5.66. The van der Waals surface area contributed by atoms with Crippen molar-refractivity contribution in [3.63, 3.8) is 0 Å². The molecule has 0 aromatic carbocycles. The SMILES string of the molecule is CS(=O)(=O)CCCCCCS(C)(=O)=O. The summed E-state index contributed by atoms with van der Waals surface area (Å²) >= 11 is 0. The summed E-state index contributed by atoms with van der Waals surface area (Å²) in [5.41, 5.74) is 0. The van der Waals surface area contributed by atoms with Gasteiger partial charge in [-0.25, -0.2) is 16.8 Å². The Morgan fingerprint density at radius 3 is 1.14 bits per heavy atom. The van der Waals surface area contributed by atoms with Crippen LogP contribution >= 0.6 is 0 Å². The standard InChI is InChI=1S/C8H18O4S2/c1-13(9,10)7-5-3-4-6-8-14(2,11)12/h3-8H2,1-2H3. The number of unbranched alkanes of at least 4 members (excludes halogenated alkanes) is 3. The van der Waals surface area contributed by atoms with E-state index in [9.17, 15) is 16.8 Å². The second-order valence-corrected chi connectivity index (χ2v) is 8.19. The van der Waals surface area contributed by atoms with Gasteiger partial charge in [0.15, 0.2) is 0 Å². The van der Waals surface area contributed by atoms with E-state index in [1.165, 1.54) is 12.5 Å². The van der Waals surface area contributed by atoms with Crippen molar-refractivity contribution in [3.05, 3.63) is 0 Å². The van der Waals surface area contributed by atoms with Crippen LogP contribution in [0.5, 0.6) is 0 Å². The first-order valence-corrected chi connectivity index (χ1v) is 8.68. The highest BCUT2D eigenvalue weighted by atomic mass is 32.2. The molecular formula is C8H18O4S2. The van der Waals surface area contributed by atoms with Gasteiger partial charge in [-0.1, -0.05) is 12.8 Å². The van der Waals surface area contributed by atoms with E-state index in [0.717, 1.165) is 12.8 Å². The largest absolute Gasteiger partial charge is 0.229 e. The molecule has 0 aliphatic rings. The molecule has 0 amide bonds. The Labute approximate surface area is 86.5 Å². The summed E-state index contributed by atoms with van der Waals surface area (Å²) in [5.74, 6) is 0.401. The van der Waals surface area contributed by atoms with E-state index in [2.05, 4.69) is 0 Å². The van der Waals surface area contributed by atoms with Crippen LogP contribution in [0.15, 0.2) is 0 Å². The van der Waals surface area contributed by atoms with Crippen molar-refractivity contribution in [1.82, 2.24) is 0 Å². The number of sulfone groups is 2. The first kappa shape index (κ1) is 13.9. The molecule has 0 bridgehead atoms. The van der Waals surface area contributed by atoms with Crippen molar-refractivity contribution in [2.45, 2.75) is 25.7 Å². The quantitative estimate of drug-likeness (QED) is 0.614. The Balaban J connectivity index is 3.41. The highest BCUT2D eigenvalue weighted by molar-refractivity contribution is 7.90. The number of rotatable bonds is 7. The maximum absolute atomic E-state index is 10.7. The summed E-state index contributed by atoms with van der Waals surface area (Å²) in [5, 5.41) is 0. The van der Waals surface area contributed by atoms with E-state index in [1.807, 2.05) is 0 Å². The second kappa shape index (κ2) is 5.70. The molecule has 0 aliphatic heterocycles. The molecule has 6 heteroatoms. The summed E-state index contributed by atoms with van der Waals surface area (Å²) < 4.78 is 42.9. The lowest BCUT2D eigenvalue weighted by Crippen LogP contribution is -2.04. The molecule has 0 unspecified atom stereocenters. The zero-order valence-electron chi connectivity index (χ0n) is 8.69. The second-order valence-electron chi connectivity index (χ2n) is 3.67. The van der Waals surface area contributed by atoms with Crippen molar-refractivity contribution < 1.29 is 16.8 Å². The van der Waals surface area contributed by atoms with E-state index in [0.29, 0.717) is 12.8 Å². The molecule has 0 saturated heterocycles. The average molecular weight is 242 g/mol. The van der Waals surface area contributed by atoms with Crippen LogP contribution in [-0.4, -0.2) is 40.9 Å². The fourth-order valence-corrected chi connectivity index (χ4v) is 2.54. The monoisotopic (exact) mass is 242 g/mol. The molecule has 0 spiro atoms. The van der Waals surface area contributed by atoms with Crippen LogP contribution in [0.2, 0.25) is 0 Å². The van der Waals surface area contributed by atoms with Gasteiger partial charge in [-0.2, -0.15) is 0 Å². The van der Waals surface area contributed by atoms with E-state index < -0.39 is 19.7 Å². The molecule has 0 saturated carbocycles. The number of hydrogen-bond acceptors (Lipinski definition) is 4. The highest BCUT2D eigenvalue weighted by Gasteiger charge is 2.03. The van der Waals surface area contributed by atoms with Crippen LogP contribution in [0.3, 0.4) is 0 Å². The smallest absolute Gasteiger partial charge is 0.147 e. The lowest BCUT2D eigenvalue weighted by Gasteiger charge is -1.99. The molecule has 0 aliphatic carbocycles. The fourth-order valence-electron chi connectivity index (χ4n) is 1.08. The van der Waals surface area contributed by atoms with Gasteiger partial charge in [0.2, 0.25) is 0 Å². The zero-order valence-corrected chi connectivity index (χ0v) is 10.3. The minimum atomic E-state index is -2.86. The van der Waals surface area contributed by atoms with Gasteiger partial charge in [0.05, 0.1) is 0 Å². The molecule has 0 rings (SSSR count). The van der Waals surface area contributed by atoms with E-state index in [4.69, 9.17) is 0 Å². The summed E-state index contributed by atoms with van der Waals surface area (Å²) in [6, 6.07) is 0. The summed E-state index contributed by atoms with van der Waals surface area (Å²) in [6.07, 6.45) is 5.24. The Morgan fingerprint density at radius 2 is 0.929 bits per heavy atom. The molecule has 0 N–H and O–H groups in total. The van der Waals surface area contributed by atoms with Crippen molar-refractivity contribution in [2.24, 2.45) is 0 Å². The van der Waals surface area contributed by atoms with Gasteiger partial charge in [0.25, 0.3) is 0 Å². The zero-order chi connectivity index (χ0) is 11.2. The van der Waals surface area contributed by atoms with Crippen molar-refractivity contribution in [2.75, 3.05) is 24.0 Å². The molecule has 0 atom stereocenters. The van der Waals surface area contributed by atoms with Gasteiger partial charge in [-0.3, -0.25) is 0 Å². The molecule has 0 aromatic rings. The topological polar surface area (TPSA) is 68.3 Å². The lowest BCUT2D eigenvalue weighted by molar-refractivity contribution is 0.587. The van der Waals surface area contributed by atoms with E-state index in [-0.39, 0.29) is 11.5 Å². The van der Waals surface area contributed by atoms with Crippen LogP contribution in [0.25, 0.3) is 0 Å². The van der Waals surface area contributed by atoms with Gasteiger partial charge >= 0.3 is 0 Å². The Morgan fingerprint density at radius 1 is 0.643 bits per heavy atom. The summed E-state index contributed by atoms with van der Waals surface area (Å²) in [7, 11) is -5.72. The summed E-state index contributed by atoms with van der Waals surface area (Å²) in [6.45, 7) is 0. The van der Waals surface area contributed by atoms with Crippen LogP contribution in [-0.2, 0) is 19.7 Å². The minimum absolute atomic E-state index is 0.200. The fraction of sp³-hybridized carbons (Fsp3) is 1.00. The highest BCUT2D eigenvalue weighted by Crippen LogP contribution is 2.03. The third kappa shape index (κ3) is 11.9. The van der Waals surface area contributed by atoms with Crippen LogP contribution in [0, 0.1) is 0 Å². The minimum Gasteiger partial charge on any atom is -0.229 e. The first-order valence-electron chi connectivity index (χ1n) is 4.56.